The van der Waals surface area contributed by atoms with Crippen LogP contribution in [-0.2, 0) is 0 Å². The summed E-state index contributed by atoms with van der Waals surface area (Å²) in [6.07, 6.45) is 8.47. The number of hydrogen-bond donors (Lipinski definition) is 1. The van der Waals surface area contributed by atoms with Crippen LogP contribution in [0.25, 0.3) is 0 Å². The van der Waals surface area contributed by atoms with Gasteiger partial charge in [0.05, 0.1) is 11.9 Å². The maximum atomic E-state index is 12.0. The van der Waals surface area contributed by atoms with Crippen molar-refractivity contribution in [1.29, 1.82) is 0 Å². The predicted octanol–water partition coefficient (Wildman–Crippen LogP) is 2.49. The summed E-state index contributed by atoms with van der Waals surface area (Å²) in [4.78, 5) is 18.0. The van der Waals surface area contributed by atoms with Crippen LogP contribution in [0.1, 0.15) is 25.7 Å². The third-order valence-corrected chi connectivity index (χ3v) is 4.05. The van der Waals surface area contributed by atoms with Crippen LogP contribution >= 0.6 is 0 Å². The van der Waals surface area contributed by atoms with Crippen LogP contribution in [0, 0.1) is 5.41 Å². The second-order valence-corrected chi connectivity index (χ2v) is 5.20. The minimum atomic E-state index is 0.0155. The third-order valence-electron chi connectivity index (χ3n) is 4.05. The predicted molar refractivity (Wildman–Crippen MR) is 65.7 cm³/mol. The van der Waals surface area contributed by atoms with E-state index < -0.39 is 0 Å². The number of urea groups is 1. The Morgan fingerprint density at radius 1 is 1.41 bits per heavy atom. The number of pyridine rings is 1. The average Bonchev–Trinajstić information content (AvgIpc) is 2.75. The van der Waals surface area contributed by atoms with Gasteiger partial charge in [0.2, 0.25) is 0 Å². The summed E-state index contributed by atoms with van der Waals surface area (Å²) >= 11 is 0. The molecule has 1 saturated carbocycles. The lowest BCUT2D eigenvalue weighted by atomic mass is 9.68. The van der Waals surface area contributed by atoms with Gasteiger partial charge in [0.25, 0.3) is 0 Å². The first kappa shape index (κ1) is 10.6. The molecular weight excluding hydrogens is 214 g/mol. The summed E-state index contributed by atoms with van der Waals surface area (Å²) < 4.78 is 0. The molecular formula is C13H17N3O. The summed E-state index contributed by atoms with van der Waals surface area (Å²) in [6, 6.07) is 3.70. The molecule has 1 aliphatic heterocycles. The molecule has 2 amide bonds. The number of aromatic nitrogens is 1. The quantitative estimate of drug-likeness (QED) is 0.807. The molecule has 1 aromatic rings. The molecule has 4 nitrogen and oxygen atoms in total. The largest absolute Gasteiger partial charge is 0.324 e. The van der Waals surface area contributed by atoms with Crippen LogP contribution in [0.3, 0.4) is 0 Å². The van der Waals surface area contributed by atoms with Crippen LogP contribution in [-0.4, -0.2) is 29.0 Å². The van der Waals surface area contributed by atoms with Crippen LogP contribution in [0.2, 0.25) is 0 Å². The van der Waals surface area contributed by atoms with Crippen LogP contribution in [0.4, 0.5) is 10.5 Å². The number of anilines is 1. The zero-order valence-corrected chi connectivity index (χ0v) is 9.85. The number of amides is 2. The van der Waals surface area contributed by atoms with Gasteiger partial charge >= 0.3 is 6.03 Å². The molecule has 0 radical (unpaired) electrons. The number of carbonyl (C=O) groups excluding carboxylic acids is 1. The van der Waals surface area contributed by atoms with E-state index in [9.17, 15) is 4.79 Å². The standard InChI is InChI=1S/C13H17N3O/c17-12(15-11-3-1-7-14-9-11)16-8-6-13(10-16)4-2-5-13/h1,3,7,9H,2,4-6,8,10H2,(H,15,17). The summed E-state index contributed by atoms with van der Waals surface area (Å²) in [7, 11) is 0. The highest BCUT2D eigenvalue weighted by molar-refractivity contribution is 5.89. The fourth-order valence-electron chi connectivity index (χ4n) is 2.83. The molecule has 1 N–H and O–H groups in total. The second kappa shape index (κ2) is 4.02. The van der Waals surface area contributed by atoms with E-state index in [2.05, 4.69) is 10.3 Å². The SMILES string of the molecule is O=C(Nc1cccnc1)N1CCC2(CCC2)C1. The lowest BCUT2D eigenvalue weighted by molar-refractivity contribution is 0.144. The van der Waals surface area contributed by atoms with Gasteiger partial charge in [-0.05, 0) is 36.8 Å². The Hall–Kier alpha value is -1.58. The molecule has 0 unspecified atom stereocenters. The van der Waals surface area contributed by atoms with E-state index in [4.69, 9.17) is 0 Å². The van der Waals surface area contributed by atoms with E-state index in [1.165, 1.54) is 25.7 Å². The number of carbonyl (C=O) groups is 1. The van der Waals surface area contributed by atoms with Gasteiger partial charge in [0.1, 0.15) is 0 Å². The molecule has 1 saturated heterocycles. The van der Waals surface area contributed by atoms with Gasteiger partial charge in [0, 0.05) is 19.3 Å². The highest BCUT2D eigenvalue weighted by Gasteiger charge is 2.44. The molecule has 2 heterocycles. The van der Waals surface area contributed by atoms with E-state index in [-0.39, 0.29) is 6.03 Å². The van der Waals surface area contributed by atoms with Crippen molar-refractivity contribution in [3.63, 3.8) is 0 Å². The molecule has 2 fully saturated rings. The van der Waals surface area contributed by atoms with Crippen LogP contribution in [0.5, 0.6) is 0 Å². The average molecular weight is 231 g/mol. The Morgan fingerprint density at radius 2 is 2.29 bits per heavy atom. The maximum absolute atomic E-state index is 12.0. The molecule has 3 rings (SSSR count). The number of hydrogen-bond acceptors (Lipinski definition) is 2. The molecule has 2 aliphatic rings. The summed E-state index contributed by atoms with van der Waals surface area (Å²) in [5.41, 5.74) is 1.23. The zero-order valence-electron chi connectivity index (χ0n) is 9.85. The zero-order chi connectivity index (χ0) is 11.7. The van der Waals surface area contributed by atoms with E-state index in [0.717, 1.165) is 18.8 Å². The van der Waals surface area contributed by atoms with E-state index >= 15 is 0 Å². The van der Waals surface area contributed by atoms with Gasteiger partial charge in [-0.25, -0.2) is 4.79 Å². The summed E-state index contributed by atoms with van der Waals surface area (Å²) in [5, 5.41) is 2.89. The monoisotopic (exact) mass is 231 g/mol. The number of rotatable bonds is 1. The minimum absolute atomic E-state index is 0.0155. The van der Waals surface area contributed by atoms with Gasteiger partial charge in [0.15, 0.2) is 0 Å². The Bertz CT molecular complexity index is 414. The van der Waals surface area contributed by atoms with E-state index in [1.807, 2.05) is 17.0 Å². The molecule has 90 valence electrons. The minimum Gasteiger partial charge on any atom is -0.324 e. The Morgan fingerprint density at radius 3 is 2.88 bits per heavy atom. The highest BCUT2D eigenvalue weighted by Crippen LogP contribution is 2.47. The molecule has 17 heavy (non-hydrogen) atoms. The first-order valence-electron chi connectivity index (χ1n) is 6.23. The molecule has 0 atom stereocenters. The normalized spacial score (nSPS) is 21.3. The Kier molecular flexibility index (Phi) is 2.50. The highest BCUT2D eigenvalue weighted by atomic mass is 16.2. The van der Waals surface area contributed by atoms with Crippen LogP contribution < -0.4 is 5.32 Å². The van der Waals surface area contributed by atoms with Crippen molar-refractivity contribution in [3.05, 3.63) is 24.5 Å². The third kappa shape index (κ3) is 1.99. The lowest BCUT2D eigenvalue weighted by Gasteiger charge is -2.37. The Labute approximate surface area is 101 Å². The smallest absolute Gasteiger partial charge is 0.321 e. The number of likely N-dealkylation sites (tertiary alicyclic amines) is 1. The molecule has 0 bridgehead atoms. The van der Waals surface area contributed by atoms with Crippen molar-refractivity contribution >= 4 is 11.7 Å². The second-order valence-electron chi connectivity index (χ2n) is 5.20. The van der Waals surface area contributed by atoms with Crippen molar-refractivity contribution < 1.29 is 4.79 Å². The summed E-state index contributed by atoms with van der Waals surface area (Å²) in [5.74, 6) is 0. The van der Waals surface area contributed by atoms with Crippen LogP contribution in [0.15, 0.2) is 24.5 Å². The molecule has 1 spiro atoms. The fourth-order valence-corrected chi connectivity index (χ4v) is 2.83. The van der Waals surface area contributed by atoms with Crippen molar-refractivity contribution in [2.24, 2.45) is 5.41 Å². The van der Waals surface area contributed by atoms with Crippen molar-refractivity contribution in [2.45, 2.75) is 25.7 Å². The van der Waals surface area contributed by atoms with Gasteiger partial charge in [-0.2, -0.15) is 0 Å². The number of nitrogens with zero attached hydrogens (tertiary/aromatic N) is 2. The van der Waals surface area contributed by atoms with Crippen molar-refractivity contribution in [2.75, 3.05) is 18.4 Å². The van der Waals surface area contributed by atoms with Gasteiger partial charge in [-0.3, -0.25) is 4.98 Å². The lowest BCUT2D eigenvalue weighted by Crippen LogP contribution is -2.37. The first-order valence-corrected chi connectivity index (χ1v) is 6.23. The van der Waals surface area contributed by atoms with E-state index in [1.54, 1.807) is 12.4 Å². The van der Waals surface area contributed by atoms with Gasteiger partial charge in [-0.15, -0.1) is 0 Å². The van der Waals surface area contributed by atoms with Crippen molar-refractivity contribution in [1.82, 2.24) is 9.88 Å². The first-order chi connectivity index (χ1) is 8.27. The maximum Gasteiger partial charge on any atom is 0.321 e. The fraction of sp³-hybridized carbons (Fsp3) is 0.538. The number of nitrogens with one attached hydrogen (secondary N) is 1. The molecule has 1 aliphatic carbocycles. The summed E-state index contributed by atoms with van der Waals surface area (Å²) in [6.45, 7) is 1.82. The molecule has 0 aromatic carbocycles. The topological polar surface area (TPSA) is 45.2 Å². The molecule has 1 aromatic heterocycles. The molecule has 4 heteroatoms. The van der Waals surface area contributed by atoms with Gasteiger partial charge in [-0.1, -0.05) is 6.42 Å². The Balaban J connectivity index is 1.60. The van der Waals surface area contributed by atoms with Gasteiger partial charge < -0.3 is 10.2 Å². The van der Waals surface area contributed by atoms with E-state index in [0.29, 0.717) is 5.41 Å². The van der Waals surface area contributed by atoms with Crippen molar-refractivity contribution in [3.8, 4) is 0 Å².